The van der Waals surface area contributed by atoms with Crippen LogP contribution in [0.5, 0.6) is 0 Å². The molecule has 12 N–H and O–H groups in total. The molecule has 0 saturated carbocycles. The highest BCUT2D eigenvalue weighted by Crippen LogP contribution is 2.38. The van der Waals surface area contributed by atoms with Crippen LogP contribution in [0.2, 0.25) is 0 Å². The van der Waals surface area contributed by atoms with Gasteiger partial charge in [-0.05, 0) is 64.7 Å². The predicted octanol–water partition coefficient (Wildman–Crippen LogP) is -1.97. The Kier molecular flexibility index (Phi) is 20.8. The molecule has 12 fully saturated rings. The Morgan fingerprint density at radius 2 is 0.912 bits per heavy atom. The Labute approximate surface area is 397 Å². The van der Waals surface area contributed by atoms with Crippen molar-refractivity contribution in [3.05, 3.63) is 36.7 Å². The van der Waals surface area contributed by atoms with Crippen LogP contribution in [-0.2, 0) is 42.7 Å². The lowest BCUT2D eigenvalue weighted by Crippen LogP contribution is -2.63. The molecular weight excluding hydrogens is 899 g/mol. The summed E-state index contributed by atoms with van der Waals surface area (Å²) in [6.45, 7) is 13.4. The van der Waals surface area contributed by atoms with E-state index in [1.165, 1.54) is 0 Å². The number of ether oxygens (including phenoxy) is 8. The van der Waals surface area contributed by atoms with Crippen LogP contribution in [0.15, 0.2) is 36.7 Å². The SMILES string of the molecule is C=C(C)CCC(=O)N(CNC(=C)CCC1O[C@@H]2OC3C(CO)O[C@H](OCCCCC1[C@H](O)C2O)C(O)[C@H]3O)CNC(=C)CCC1O[C@@H]2OC3C(CO)O[C@H](OCCCCC1[C@H](O)C2O)C(O)[C@H]3O. The zero-order chi connectivity index (χ0) is 49.2. The molecule has 12 rings (SSSR count). The number of rotatable bonds is 17. The largest absolute Gasteiger partial charge is 0.394 e. The maximum absolute atomic E-state index is 13.6. The molecule has 0 spiro atoms. The average molecular weight is 976 g/mol. The van der Waals surface area contributed by atoms with E-state index in [-0.39, 0.29) is 38.9 Å². The van der Waals surface area contributed by atoms with Crippen LogP contribution in [0.1, 0.15) is 84.0 Å². The Bertz CT molecular complexity index is 1530. The third-order valence-electron chi connectivity index (χ3n) is 14.0. The third kappa shape index (κ3) is 13.7. The van der Waals surface area contributed by atoms with Crippen molar-refractivity contribution >= 4 is 5.91 Å². The molecule has 22 heteroatoms. The van der Waals surface area contributed by atoms with E-state index in [1.54, 1.807) is 4.90 Å². The summed E-state index contributed by atoms with van der Waals surface area (Å²) in [6, 6.07) is 0. The fourth-order valence-corrected chi connectivity index (χ4v) is 9.80. The molecule has 12 unspecified atom stereocenters. The fraction of sp³-hybridized carbons (Fsp3) is 0.848. The average Bonchev–Trinajstić information content (AvgIpc) is 3.32. The summed E-state index contributed by atoms with van der Waals surface area (Å²) in [5.74, 6) is -1.19. The monoisotopic (exact) mass is 976 g/mol. The molecular formula is C46H77N3O19. The summed E-state index contributed by atoms with van der Waals surface area (Å²) in [4.78, 5) is 15.1. The van der Waals surface area contributed by atoms with E-state index in [2.05, 4.69) is 30.4 Å². The highest BCUT2D eigenvalue weighted by Gasteiger charge is 2.53. The van der Waals surface area contributed by atoms with E-state index in [4.69, 9.17) is 37.9 Å². The van der Waals surface area contributed by atoms with Gasteiger partial charge < -0.3 is 104 Å². The Balaban J connectivity index is 1.05. The summed E-state index contributed by atoms with van der Waals surface area (Å²) in [6.07, 6.45) is -18.0. The van der Waals surface area contributed by atoms with Gasteiger partial charge in [-0.25, -0.2) is 0 Å². The minimum Gasteiger partial charge on any atom is -0.394 e. The minimum absolute atomic E-state index is 0.0588. The summed E-state index contributed by atoms with van der Waals surface area (Å²) in [7, 11) is 0. The molecule has 12 saturated heterocycles. The third-order valence-corrected chi connectivity index (χ3v) is 14.0. The lowest BCUT2D eigenvalue weighted by molar-refractivity contribution is -0.356. The standard InChI is InChI=1S/C46H77N3O19/c1-23(2)11-16-32(52)49(21-47-24(3)12-14-28-26-9-5-7-17-61-43-39(59)35(55)41(30(19-50)65-43)67-45(63-28)37(57)33(26)53)22-48-25(4)13-15-29-27-10-6-8-18-62-44-40(60)36(56)42(31(20-51)66-44)68-46(64-29)38(58)34(27)54/h26-31,33-48,50-51,53-60H,1,3-22H2,2H3/t26?,27?,28?,29?,30?,31?,33-,34-,35+,36+,37?,38?,39?,40?,41?,42?,43-,44-,45+,46+/m0/s1. The van der Waals surface area contributed by atoms with Gasteiger partial charge in [-0.1, -0.05) is 31.6 Å². The van der Waals surface area contributed by atoms with Crippen molar-refractivity contribution in [2.75, 3.05) is 39.8 Å². The second-order valence-electron chi connectivity index (χ2n) is 19.1. The summed E-state index contributed by atoms with van der Waals surface area (Å²) in [5.41, 5.74) is 1.95. The lowest BCUT2D eigenvalue weighted by atomic mass is 9.83. The molecule has 390 valence electrons. The van der Waals surface area contributed by atoms with Crippen molar-refractivity contribution in [1.82, 2.24) is 15.5 Å². The molecule has 0 aliphatic carbocycles. The summed E-state index contributed by atoms with van der Waals surface area (Å²) in [5, 5.41) is 115. The molecule has 68 heavy (non-hydrogen) atoms. The van der Waals surface area contributed by atoms with Crippen molar-refractivity contribution in [2.45, 2.75) is 195 Å². The van der Waals surface area contributed by atoms with Crippen molar-refractivity contribution in [1.29, 1.82) is 0 Å². The first kappa shape index (κ1) is 54.9. The Morgan fingerprint density at radius 3 is 1.31 bits per heavy atom. The zero-order valence-corrected chi connectivity index (χ0v) is 39.0. The fourth-order valence-electron chi connectivity index (χ4n) is 9.80. The van der Waals surface area contributed by atoms with Gasteiger partial charge in [0.15, 0.2) is 25.2 Å². The first-order valence-electron chi connectivity index (χ1n) is 24.1. The number of nitrogens with zero attached hydrogens (tertiary/aromatic N) is 1. The van der Waals surface area contributed by atoms with Gasteiger partial charge in [-0.3, -0.25) is 4.79 Å². The molecule has 12 aliphatic rings. The van der Waals surface area contributed by atoms with Gasteiger partial charge >= 0.3 is 0 Å². The highest BCUT2D eigenvalue weighted by molar-refractivity contribution is 5.76. The number of aliphatic hydroxyl groups is 10. The van der Waals surface area contributed by atoms with E-state index in [0.717, 1.165) is 5.57 Å². The number of aliphatic hydroxyl groups excluding tert-OH is 10. The van der Waals surface area contributed by atoms with Gasteiger partial charge in [0.2, 0.25) is 5.91 Å². The van der Waals surface area contributed by atoms with E-state index >= 15 is 0 Å². The van der Waals surface area contributed by atoms with Crippen LogP contribution in [0.3, 0.4) is 0 Å². The van der Waals surface area contributed by atoms with Gasteiger partial charge in [0.05, 0.1) is 51.0 Å². The molecule has 0 radical (unpaired) electrons. The van der Waals surface area contributed by atoms with Gasteiger partial charge in [0.25, 0.3) is 0 Å². The lowest BCUT2D eigenvalue weighted by Gasteiger charge is -2.47. The molecule has 0 aromatic heterocycles. The number of amides is 1. The van der Waals surface area contributed by atoms with E-state index < -0.39 is 136 Å². The van der Waals surface area contributed by atoms with Gasteiger partial charge in [0, 0.05) is 42.9 Å². The van der Waals surface area contributed by atoms with Gasteiger partial charge in [-0.2, -0.15) is 0 Å². The van der Waals surface area contributed by atoms with Crippen molar-refractivity contribution in [2.24, 2.45) is 11.8 Å². The van der Waals surface area contributed by atoms with Crippen LogP contribution >= 0.6 is 0 Å². The molecule has 20 atom stereocenters. The number of hydrogen-bond donors (Lipinski definition) is 12. The number of carbonyl (C=O) groups excluding carboxylic acids is 1. The van der Waals surface area contributed by atoms with Crippen molar-refractivity contribution in [3.8, 4) is 0 Å². The number of carbonyl (C=O) groups is 1. The molecule has 0 aromatic carbocycles. The highest BCUT2D eigenvalue weighted by atomic mass is 16.7. The van der Waals surface area contributed by atoms with E-state index in [1.807, 2.05) is 6.92 Å². The first-order chi connectivity index (χ1) is 32.5. The predicted molar refractivity (Wildman–Crippen MR) is 237 cm³/mol. The van der Waals surface area contributed by atoms with Gasteiger partial charge in [-0.15, -0.1) is 6.58 Å². The zero-order valence-electron chi connectivity index (χ0n) is 39.0. The summed E-state index contributed by atoms with van der Waals surface area (Å²) < 4.78 is 47.2. The quantitative estimate of drug-likeness (QED) is 0.0556. The minimum atomic E-state index is -1.56. The van der Waals surface area contributed by atoms with Crippen molar-refractivity contribution in [3.63, 3.8) is 0 Å². The number of nitrogens with one attached hydrogen (secondary N) is 2. The van der Waals surface area contributed by atoms with Crippen LogP contribution in [0, 0.1) is 11.8 Å². The van der Waals surface area contributed by atoms with Gasteiger partial charge in [0.1, 0.15) is 61.0 Å². The maximum atomic E-state index is 13.6. The Morgan fingerprint density at radius 1 is 0.515 bits per heavy atom. The van der Waals surface area contributed by atoms with Crippen LogP contribution in [0.25, 0.3) is 0 Å². The normalized spacial score (nSPS) is 41.3. The van der Waals surface area contributed by atoms with Crippen LogP contribution in [-0.4, -0.2) is 212 Å². The molecule has 0 aromatic rings. The molecule has 12 heterocycles. The number of hydrogen-bond acceptors (Lipinski definition) is 21. The van der Waals surface area contributed by atoms with Crippen molar-refractivity contribution < 1.29 is 93.8 Å². The number of allylic oxidation sites excluding steroid dienone is 3. The smallest absolute Gasteiger partial charge is 0.225 e. The van der Waals surface area contributed by atoms with Crippen LogP contribution in [0.4, 0.5) is 0 Å². The molecule has 22 nitrogen and oxygen atoms in total. The van der Waals surface area contributed by atoms with E-state index in [0.29, 0.717) is 82.0 Å². The Hall–Kier alpha value is -2.43. The summed E-state index contributed by atoms with van der Waals surface area (Å²) >= 11 is 0. The molecule has 12 aliphatic heterocycles. The molecule has 1 amide bonds. The van der Waals surface area contributed by atoms with Crippen LogP contribution < -0.4 is 10.6 Å². The van der Waals surface area contributed by atoms with E-state index in [9.17, 15) is 55.9 Å². The second kappa shape index (κ2) is 25.8. The topological polar surface area (TPSA) is 321 Å². The first-order valence-corrected chi connectivity index (χ1v) is 24.1. The molecule has 8 bridgehead atoms. The maximum Gasteiger partial charge on any atom is 0.225 e. The second-order valence-corrected chi connectivity index (χ2v) is 19.1.